The Morgan fingerprint density at radius 3 is 2.65 bits per heavy atom. The van der Waals surface area contributed by atoms with Gasteiger partial charge in [-0.2, -0.15) is 0 Å². The van der Waals surface area contributed by atoms with E-state index in [0.29, 0.717) is 19.8 Å². The number of likely N-dealkylation sites (N-methyl/N-ethyl adjacent to an activating group) is 1. The fourth-order valence-corrected chi connectivity index (χ4v) is 2.38. The molecule has 0 fully saturated rings. The van der Waals surface area contributed by atoms with Gasteiger partial charge in [-0.3, -0.25) is 0 Å². The van der Waals surface area contributed by atoms with Crippen LogP contribution in [0.3, 0.4) is 0 Å². The van der Waals surface area contributed by atoms with Gasteiger partial charge in [-0.15, -0.1) is 0 Å². The van der Waals surface area contributed by atoms with Crippen LogP contribution in [0.25, 0.3) is 0 Å². The molecule has 0 aromatic heterocycles. The number of hydrogen-bond donors (Lipinski definition) is 1. The van der Waals surface area contributed by atoms with Gasteiger partial charge in [0.25, 0.3) is 0 Å². The van der Waals surface area contributed by atoms with E-state index in [4.69, 9.17) is 9.47 Å². The van der Waals surface area contributed by atoms with Crippen LogP contribution in [0.15, 0.2) is 18.2 Å². The minimum absolute atomic E-state index is 0.484. The molecule has 1 N–H and O–H groups in total. The van der Waals surface area contributed by atoms with Crippen molar-refractivity contribution in [1.29, 1.82) is 0 Å². The second-order valence-electron chi connectivity index (χ2n) is 5.17. The van der Waals surface area contributed by atoms with Gasteiger partial charge in [-0.25, -0.2) is 0 Å². The van der Waals surface area contributed by atoms with E-state index in [0.717, 1.165) is 30.2 Å². The van der Waals surface area contributed by atoms with Crippen molar-refractivity contribution >= 4 is 0 Å². The molecule has 1 atom stereocenters. The minimum Gasteiger partial charge on any atom is -0.486 e. The Morgan fingerprint density at radius 2 is 1.95 bits per heavy atom. The molecule has 1 heterocycles. The third kappa shape index (κ3) is 3.87. The summed E-state index contributed by atoms with van der Waals surface area (Å²) < 4.78 is 11.1. The van der Waals surface area contributed by atoms with Crippen molar-refractivity contribution < 1.29 is 14.6 Å². The fraction of sp³-hybridized carbons (Fsp3) is 0.625. The van der Waals surface area contributed by atoms with Crippen LogP contribution in [0.5, 0.6) is 11.5 Å². The highest BCUT2D eigenvalue weighted by Crippen LogP contribution is 2.32. The molecule has 0 aliphatic carbocycles. The summed E-state index contributed by atoms with van der Waals surface area (Å²) in [7, 11) is 0. The van der Waals surface area contributed by atoms with Crippen LogP contribution in [0.4, 0.5) is 0 Å². The lowest BCUT2D eigenvalue weighted by Crippen LogP contribution is -2.29. The zero-order chi connectivity index (χ0) is 14.4. The molecule has 0 bridgehead atoms. The Balaban J connectivity index is 1.99. The summed E-state index contributed by atoms with van der Waals surface area (Å²) in [6.07, 6.45) is 1.86. The molecule has 1 aromatic rings. The first kappa shape index (κ1) is 15.1. The zero-order valence-electron chi connectivity index (χ0n) is 12.5. The van der Waals surface area contributed by atoms with Gasteiger partial charge in [0.1, 0.15) is 13.2 Å². The number of aliphatic hydroxyl groups is 1. The van der Waals surface area contributed by atoms with E-state index in [1.54, 1.807) is 0 Å². The maximum Gasteiger partial charge on any atom is 0.161 e. The van der Waals surface area contributed by atoms with E-state index < -0.39 is 6.10 Å². The summed E-state index contributed by atoms with van der Waals surface area (Å²) >= 11 is 0. The molecule has 0 amide bonds. The highest BCUT2D eigenvalue weighted by molar-refractivity contribution is 5.44. The fourth-order valence-electron chi connectivity index (χ4n) is 2.38. The summed E-state index contributed by atoms with van der Waals surface area (Å²) in [6, 6.07) is 5.70. The molecule has 1 unspecified atom stereocenters. The third-order valence-electron chi connectivity index (χ3n) is 3.66. The van der Waals surface area contributed by atoms with Crippen LogP contribution >= 0.6 is 0 Å². The van der Waals surface area contributed by atoms with Gasteiger partial charge in [0.05, 0.1) is 6.10 Å². The summed E-state index contributed by atoms with van der Waals surface area (Å²) in [5, 5.41) is 10.4. The maximum absolute atomic E-state index is 10.4. The number of hydrogen-bond acceptors (Lipinski definition) is 4. The number of benzene rings is 1. The normalized spacial score (nSPS) is 15.4. The first-order chi connectivity index (χ1) is 9.74. The van der Waals surface area contributed by atoms with Crippen molar-refractivity contribution in [2.75, 3.05) is 32.8 Å². The van der Waals surface area contributed by atoms with Crippen molar-refractivity contribution in [3.63, 3.8) is 0 Å². The number of ether oxygens (including phenoxy) is 2. The molecule has 4 heteroatoms. The van der Waals surface area contributed by atoms with E-state index >= 15 is 0 Å². The molecule has 0 saturated heterocycles. The Kier molecular flexibility index (Phi) is 5.68. The molecule has 4 nitrogen and oxygen atoms in total. The van der Waals surface area contributed by atoms with Crippen molar-refractivity contribution in [3.8, 4) is 11.5 Å². The van der Waals surface area contributed by atoms with Gasteiger partial charge >= 0.3 is 0 Å². The largest absolute Gasteiger partial charge is 0.486 e. The molecule has 1 aromatic carbocycles. The smallest absolute Gasteiger partial charge is 0.161 e. The average molecular weight is 279 g/mol. The first-order valence-electron chi connectivity index (χ1n) is 7.54. The molecule has 1 aliphatic heterocycles. The Hall–Kier alpha value is -1.26. The summed E-state index contributed by atoms with van der Waals surface area (Å²) in [4.78, 5) is 2.28. The molecule has 1 aliphatic rings. The van der Waals surface area contributed by atoms with Crippen molar-refractivity contribution in [3.05, 3.63) is 23.8 Å². The van der Waals surface area contributed by atoms with E-state index in [2.05, 4.69) is 18.7 Å². The van der Waals surface area contributed by atoms with Crippen LogP contribution in [0.1, 0.15) is 38.4 Å². The van der Waals surface area contributed by atoms with Crippen LogP contribution in [0.2, 0.25) is 0 Å². The SMILES string of the molecule is CCCCN(CC)CC(O)c1ccc2c(c1)OCCO2. The summed E-state index contributed by atoms with van der Waals surface area (Å²) in [6.45, 7) is 8.14. The number of fused-ring (bicyclic) bond motifs is 1. The predicted octanol–water partition coefficient (Wildman–Crippen LogP) is 2.61. The Labute approximate surface area is 121 Å². The van der Waals surface area contributed by atoms with Gasteiger partial charge < -0.3 is 19.5 Å². The molecular weight excluding hydrogens is 254 g/mol. The quantitative estimate of drug-likeness (QED) is 0.833. The van der Waals surface area contributed by atoms with Crippen LogP contribution in [-0.4, -0.2) is 42.9 Å². The lowest BCUT2D eigenvalue weighted by atomic mass is 10.1. The number of aliphatic hydroxyl groups excluding tert-OH is 1. The summed E-state index contributed by atoms with van der Waals surface area (Å²) in [5.74, 6) is 1.51. The van der Waals surface area contributed by atoms with Gasteiger partial charge in [0.2, 0.25) is 0 Å². The molecule has 0 saturated carbocycles. The Bertz CT molecular complexity index is 422. The topological polar surface area (TPSA) is 41.9 Å². The first-order valence-corrected chi connectivity index (χ1v) is 7.54. The van der Waals surface area contributed by atoms with Crippen LogP contribution < -0.4 is 9.47 Å². The lowest BCUT2D eigenvalue weighted by molar-refractivity contribution is 0.114. The highest BCUT2D eigenvalue weighted by Gasteiger charge is 2.17. The minimum atomic E-state index is -0.484. The zero-order valence-corrected chi connectivity index (χ0v) is 12.5. The highest BCUT2D eigenvalue weighted by atomic mass is 16.6. The van der Waals surface area contributed by atoms with Gasteiger partial charge in [0, 0.05) is 6.54 Å². The van der Waals surface area contributed by atoms with Crippen LogP contribution in [-0.2, 0) is 0 Å². The average Bonchev–Trinajstić information content (AvgIpc) is 2.50. The van der Waals surface area contributed by atoms with Gasteiger partial charge in [-0.05, 0) is 37.2 Å². The van der Waals surface area contributed by atoms with E-state index in [1.165, 1.54) is 12.8 Å². The van der Waals surface area contributed by atoms with Crippen molar-refractivity contribution in [2.45, 2.75) is 32.8 Å². The van der Waals surface area contributed by atoms with E-state index in [9.17, 15) is 5.11 Å². The third-order valence-corrected chi connectivity index (χ3v) is 3.66. The summed E-state index contributed by atoms with van der Waals surface area (Å²) in [5.41, 5.74) is 0.893. The van der Waals surface area contributed by atoms with Crippen LogP contribution in [0, 0.1) is 0 Å². The predicted molar refractivity (Wildman–Crippen MR) is 79.4 cm³/mol. The molecule has 2 rings (SSSR count). The van der Waals surface area contributed by atoms with Gasteiger partial charge in [-0.1, -0.05) is 26.3 Å². The standard InChI is InChI=1S/C16H25NO3/c1-3-5-8-17(4-2)12-14(18)13-6-7-15-16(11-13)20-10-9-19-15/h6-7,11,14,18H,3-5,8-10,12H2,1-2H3. The monoisotopic (exact) mass is 279 g/mol. The lowest BCUT2D eigenvalue weighted by Gasteiger charge is -2.25. The maximum atomic E-state index is 10.4. The molecule has 20 heavy (non-hydrogen) atoms. The van der Waals surface area contributed by atoms with E-state index in [1.807, 2.05) is 18.2 Å². The molecule has 0 radical (unpaired) electrons. The second-order valence-corrected chi connectivity index (χ2v) is 5.17. The number of rotatable bonds is 7. The van der Waals surface area contributed by atoms with Crippen molar-refractivity contribution in [2.24, 2.45) is 0 Å². The molecule has 112 valence electrons. The molecular formula is C16H25NO3. The number of unbranched alkanes of at least 4 members (excludes halogenated alkanes) is 1. The van der Waals surface area contributed by atoms with E-state index in [-0.39, 0.29) is 0 Å². The van der Waals surface area contributed by atoms with Crippen molar-refractivity contribution in [1.82, 2.24) is 4.90 Å². The second kappa shape index (κ2) is 7.50. The molecule has 0 spiro atoms. The Morgan fingerprint density at radius 1 is 1.20 bits per heavy atom. The number of nitrogens with zero attached hydrogens (tertiary/aromatic N) is 1. The van der Waals surface area contributed by atoms with Gasteiger partial charge in [0.15, 0.2) is 11.5 Å².